The summed E-state index contributed by atoms with van der Waals surface area (Å²) < 4.78 is 0. The number of hydrogen-bond donors (Lipinski definition) is 2. The van der Waals surface area contributed by atoms with Crippen LogP contribution in [0.1, 0.15) is 38.5 Å². The first-order valence-corrected chi connectivity index (χ1v) is 4.32. The molecule has 1 radical (unpaired) electrons. The van der Waals surface area contributed by atoms with Gasteiger partial charge in [0.05, 0.1) is 0 Å². The summed E-state index contributed by atoms with van der Waals surface area (Å²) in [5.41, 5.74) is 10.7. The Hall–Kier alpha value is 1.65. The molecule has 0 aromatic rings. The summed E-state index contributed by atoms with van der Waals surface area (Å²) in [6.07, 6.45) is 7.61. The summed E-state index contributed by atoms with van der Waals surface area (Å²) in [5, 5.41) is 0. The van der Waals surface area contributed by atoms with Crippen LogP contribution in [0.4, 0.5) is 0 Å². The van der Waals surface area contributed by atoms with Crippen LogP contribution < -0.4 is 11.5 Å². The summed E-state index contributed by atoms with van der Waals surface area (Å²) in [4.78, 5) is 0. The van der Waals surface area contributed by atoms with E-state index in [1.807, 2.05) is 0 Å². The monoisotopic (exact) mass is 295 g/mol. The minimum Gasteiger partial charge on any atom is -0.330 e. The second-order valence-electron chi connectivity index (χ2n) is 2.70. The van der Waals surface area contributed by atoms with E-state index in [0.717, 1.165) is 13.1 Å². The number of rotatable bonds is 7. The van der Waals surface area contributed by atoms with E-state index in [9.17, 15) is 0 Å². The van der Waals surface area contributed by atoms with E-state index >= 15 is 0 Å². The molecule has 2 nitrogen and oxygen atoms in total. The molecule has 71 valence electrons. The maximum absolute atomic E-state index is 5.35. The van der Waals surface area contributed by atoms with Gasteiger partial charge in [-0.25, -0.2) is 0 Å². The maximum Gasteiger partial charge on any atom is 0 e. The SMILES string of the molecule is I.NCCCCCCCCN.[Na]. The van der Waals surface area contributed by atoms with E-state index in [1.165, 1.54) is 38.5 Å². The van der Waals surface area contributed by atoms with Gasteiger partial charge in [0.15, 0.2) is 0 Å². The molecule has 4 heteroatoms. The van der Waals surface area contributed by atoms with Crippen LogP contribution in [0.15, 0.2) is 0 Å². The average molecular weight is 295 g/mol. The van der Waals surface area contributed by atoms with Crippen molar-refractivity contribution < 1.29 is 0 Å². The van der Waals surface area contributed by atoms with Gasteiger partial charge in [-0.1, -0.05) is 25.7 Å². The van der Waals surface area contributed by atoms with Crippen LogP contribution >= 0.6 is 24.0 Å². The molecule has 0 atom stereocenters. The second kappa shape index (κ2) is 18.4. The van der Waals surface area contributed by atoms with E-state index < -0.39 is 0 Å². The Labute approximate surface area is 116 Å². The summed E-state index contributed by atoms with van der Waals surface area (Å²) in [6.45, 7) is 1.69. The van der Waals surface area contributed by atoms with Gasteiger partial charge in [-0.15, -0.1) is 24.0 Å². The van der Waals surface area contributed by atoms with E-state index in [0.29, 0.717) is 0 Å². The molecule has 0 bridgehead atoms. The summed E-state index contributed by atoms with van der Waals surface area (Å²) in [7, 11) is 0. The molecule has 4 N–H and O–H groups in total. The number of halogens is 1. The van der Waals surface area contributed by atoms with Crippen LogP contribution in [-0.2, 0) is 0 Å². The van der Waals surface area contributed by atoms with Crippen LogP contribution in [0.3, 0.4) is 0 Å². The quantitative estimate of drug-likeness (QED) is 0.425. The summed E-state index contributed by atoms with van der Waals surface area (Å²) in [5.74, 6) is 0. The first-order chi connectivity index (χ1) is 4.91. The zero-order valence-corrected chi connectivity index (χ0v) is 12.6. The Morgan fingerprint density at radius 3 is 1.08 bits per heavy atom. The fraction of sp³-hybridized carbons (Fsp3) is 1.00. The van der Waals surface area contributed by atoms with Crippen molar-refractivity contribution in [1.29, 1.82) is 0 Å². The molecular formula is C8H21IN2Na. The molecular weight excluding hydrogens is 274 g/mol. The van der Waals surface area contributed by atoms with Crippen LogP contribution in [-0.4, -0.2) is 42.6 Å². The summed E-state index contributed by atoms with van der Waals surface area (Å²) in [6, 6.07) is 0. The van der Waals surface area contributed by atoms with E-state index in [1.54, 1.807) is 0 Å². The smallest absolute Gasteiger partial charge is 0 e. The Balaban J connectivity index is -0.000000405. The molecule has 0 unspecified atom stereocenters. The largest absolute Gasteiger partial charge is 0.330 e. The van der Waals surface area contributed by atoms with Crippen LogP contribution in [0.5, 0.6) is 0 Å². The van der Waals surface area contributed by atoms with Crippen molar-refractivity contribution in [2.24, 2.45) is 11.5 Å². The summed E-state index contributed by atoms with van der Waals surface area (Å²) >= 11 is 0. The van der Waals surface area contributed by atoms with Gasteiger partial charge >= 0.3 is 0 Å². The number of hydrogen-bond acceptors (Lipinski definition) is 2. The molecule has 0 aromatic heterocycles. The van der Waals surface area contributed by atoms with Crippen molar-refractivity contribution in [2.75, 3.05) is 13.1 Å². The predicted octanol–water partition coefficient (Wildman–Crippen LogP) is 1.48. The van der Waals surface area contributed by atoms with Crippen molar-refractivity contribution >= 4 is 53.5 Å². The molecule has 0 aliphatic heterocycles. The van der Waals surface area contributed by atoms with Gasteiger partial charge in [-0.3, -0.25) is 0 Å². The molecule has 12 heavy (non-hydrogen) atoms. The van der Waals surface area contributed by atoms with Crippen molar-refractivity contribution in [3.8, 4) is 0 Å². The van der Waals surface area contributed by atoms with Crippen molar-refractivity contribution in [2.45, 2.75) is 38.5 Å². The van der Waals surface area contributed by atoms with Crippen LogP contribution in [0.25, 0.3) is 0 Å². The van der Waals surface area contributed by atoms with Crippen molar-refractivity contribution in [3.05, 3.63) is 0 Å². The number of nitrogens with two attached hydrogens (primary N) is 2. The van der Waals surface area contributed by atoms with Gasteiger partial charge in [0.1, 0.15) is 0 Å². The Morgan fingerprint density at radius 1 is 0.583 bits per heavy atom. The first kappa shape index (κ1) is 19.3. The normalized spacial score (nSPS) is 8.50. The predicted molar refractivity (Wildman–Crippen MR) is 67.0 cm³/mol. The molecule has 0 amide bonds. The maximum atomic E-state index is 5.35. The number of unbranched alkanes of at least 4 members (excludes halogenated alkanes) is 5. The van der Waals surface area contributed by atoms with Gasteiger partial charge < -0.3 is 11.5 Å². The van der Waals surface area contributed by atoms with Gasteiger partial charge in [0.2, 0.25) is 0 Å². The van der Waals surface area contributed by atoms with Gasteiger partial charge in [0.25, 0.3) is 0 Å². The van der Waals surface area contributed by atoms with E-state index in [-0.39, 0.29) is 53.5 Å². The van der Waals surface area contributed by atoms with E-state index in [2.05, 4.69) is 0 Å². The fourth-order valence-electron chi connectivity index (χ4n) is 0.996. The average Bonchev–Trinajstić information content (AvgIpc) is 1.97. The Morgan fingerprint density at radius 2 is 0.833 bits per heavy atom. The molecule has 0 fully saturated rings. The van der Waals surface area contributed by atoms with Crippen LogP contribution in [0.2, 0.25) is 0 Å². The van der Waals surface area contributed by atoms with E-state index in [4.69, 9.17) is 11.5 Å². The van der Waals surface area contributed by atoms with Crippen molar-refractivity contribution in [3.63, 3.8) is 0 Å². The topological polar surface area (TPSA) is 52.0 Å². The van der Waals surface area contributed by atoms with Gasteiger partial charge in [-0.2, -0.15) is 0 Å². The van der Waals surface area contributed by atoms with Gasteiger partial charge in [0, 0.05) is 29.6 Å². The molecule has 0 spiro atoms. The first-order valence-electron chi connectivity index (χ1n) is 4.32. The Kier molecular flexibility index (Phi) is 29.6. The zero-order chi connectivity index (χ0) is 7.66. The van der Waals surface area contributed by atoms with Gasteiger partial charge in [-0.05, 0) is 25.9 Å². The molecule has 0 aromatic carbocycles. The fourth-order valence-corrected chi connectivity index (χ4v) is 0.996. The molecule has 0 rings (SSSR count). The van der Waals surface area contributed by atoms with Crippen LogP contribution in [0, 0.1) is 0 Å². The molecule has 0 aliphatic carbocycles. The second-order valence-corrected chi connectivity index (χ2v) is 2.70. The Bertz CT molecular complexity index is 57.0. The minimum atomic E-state index is 0. The third-order valence-corrected chi connectivity index (χ3v) is 1.66. The minimum absolute atomic E-state index is 0. The third-order valence-electron chi connectivity index (χ3n) is 1.66. The standard InChI is InChI=1S/C8H20N2.HI.Na/c9-7-5-3-1-2-4-6-8-10;;/h1-10H2;1H;. The molecule has 0 heterocycles. The molecule has 0 saturated carbocycles. The molecule has 0 aliphatic rings. The van der Waals surface area contributed by atoms with Crippen molar-refractivity contribution in [1.82, 2.24) is 0 Å². The molecule has 0 saturated heterocycles. The zero-order valence-electron chi connectivity index (χ0n) is 8.22. The third kappa shape index (κ3) is 17.7.